The molecule has 4 heteroatoms. The minimum atomic E-state index is -0.643. The van der Waals surface area contributed by atoms with Crippen LogP contribution in [0.4, 0.5) is 11.4 Å². The lowest BCUT2D eigenvalue weighted by Crippen LogP contribution is -2.34. The molecule has 1 heterocycles. The highest BCUT2D eigenvalue weighted by Gasteiger charge is 2.30. The topological polar surface area (TPSA) is 68.0 Å². The number of nitrogens with two attached hydrogens (primary N) is 1. The molecular formula is C16H19N3O. The molecule has 20 heavy (non-hydrogen) atoms. The molecule has 1 amide bonds. The van der Waals surface area contributed by atoms with E-state index in [1.54, 1.807) is 24.5 Å². The Bertz CT molecular complexity index is 618. The minimum absolute atomic E-state index is 0.0710. The van der Waals surface area contributed by atoms with E-state index in [-0.39, 0.29) is 5.91 Å². The normalized spacial score (nSPS) is 11.2. The van der Waals surface area contributed by atoms with Crippen molar-refractivity contribution in [1.82, 2.24) is 4.98 Å². The Morgan fingerprint density at radius 1 is 1.20 bits per heavy atom. The number of nitrogen functional groups attached to an aromatic ring is 1. The number of anilines is 2. The second kappa shape index (κ2) is 5.33. The monoisotopic (exact) mass is 269 g/mol. The van der Waals surface area contributed by atoms with Crippen molar-refractivity contribution < 1.29 is 4.79 Å². The number of hydrogen-bond acceptors (Lipinski definition) is 3. The first-order valence-electron chi connectivity index (χ1n) is 6.49. The van der Waals surface area contributed by atoms with Gasteiger partial charge in [0.05, 0.1) is 17.3 Å². The fourth-order valence-corrected chi connectivity index (χ4v) is 1.90. The van der Waals surface area contributed by atoms with Crippen LogP contribution in [-0.4, -0.2) is 10.9 Å². The summed E-state index contributed by atoms with van der Waals surface area (Å²) in [5.41, 5.74) is 8.37. The van der Waals surface area contributed by atoms with Crippen molar-refractivity contribution in [1.29, 1.82) is 0 Å². The standard InChI is InChI=1S/C16H19N3O/c1-11-8-9-18-10-14(11)19-15(20)16(2,3)12-4-6-13(17)7-5-12/h4-10H,17H2,1-3H3,(H,19,20). The molecule has 4 nitrogen and oxygen atoms in total. The summed E-state index contributed by atoms with van der Waals surface area (Å²) < 4.78 is 0. The van der Waals surface area contributed by atoms with E-state index >= 15 is 0 Å². The molecule has 1 aromatic carbocycles. The summed E-state index contributed by atoms with van der Waals surface area (Å²) in [6, 6.07) is 9.24. The van der Waals surface area contributed by atoms with Gasteiger partial charge >= 0.3 is 0 Å². The average Bonchev–Trinajstić information content (AvgIpc) is 2.41. The van der Waals surface area contributed by atoms with Crippen LogP contribution in [-0.2, 0) is 10.2 Å². The third-order valence-electron chi connectivity index (χ3n) is 3.49. The number of hydrogen-bond donors (Lipinski definition) is 2. The van der Waals surface area contributed by atoms with Gasteiger partial charge in [-0.1, -0.05) is 12.1 Å². The fraction of sp³-hybridized carbons (Fsp3) is 0.250. The minimum Gasteiger partial charge on any atom is -0.399 e. The number of pyridine rings is 1. The molecule has 0 aliphatic carbocycles. The van der Waals surface area contributed by atoms with Crippen molar-refractivity contribution in [3.05, 3.63) is 53.9 Å². The van der Waals surface area contributed by atoms with Gasteiger partial charge in [0.25, 0.3) is 0 Å². The molecule has 0 fully saturated rings. The summed E-state index contributed by atoms with van der Waals surface area (Å²) in [6.45, 7) is 5.71. The maximum Gasteiger partial charge on any atom is 0.234 e. The fourth-order valence-electron chi connectivity index (χ4n) is 1.90. The molecule has 0 aliphatic heterocycles. The first-order chi connectivity index (χ1) is 9.41. The number of carbonyl (C=O) groups is 1. The molecule has 0 bridgehead atoms. The average molecular weight is 269 g/mol. The number of amides is 1. The van der Waals surface area contributed by atoms with Crippen LogP contribution in [0.3, 0.4) is 0 Å². The largest absolute Gasteiger partial charge is 0.399 e. The second-order valence-corrected chi connectivity index (χ2v) is 5.39. The highest BCUT2D eigenvalue weighted by atomic mass is 16.2. The van der Waals surface area contributed by atoms with E-state index in [1.807, 2.05) is 39.0 Å². The molecule has 0 radical (unpaired) electrons. The lowest BCUT2D eigenvalue weighted by Gasteiger charge is -2.24. The lowest BCUT2D eigenvalue weighted by atomic mass is 9.83. The lowest BCUT2D eigenvalue weighted by molar-refractivity contribution is -0.120. The molecule has 2 rings (SSSR count). The van der Waals surface area contributed by atoms with E-state index < -0.39 is 5.41 Å². The van der Waals surface area contributed by atoms with E-state index in [2.05, 4.69) is 10.3 Å². The van der Waals surface area contributed by atoms with Crippen LogP contribution in [0, 0.1) is 6.92 Å². The van der Waals surface area contributed by atoms with Crippen molar-refractivity contribution in [2.45, 2.75) is 26.2 Å². The van der Waals surface area contributed by atoms with E-state index in [0.29, 0.717) is 5.69 Å². The molecule has 2 aromatic rings. The zero-order valence-corrected chi connectivity index (χ0v) is 12.0. The predicted octanol–water partition coefficient (Wildman–Crippen LogP) is 2.89. The Morgan fingerprint density at radius 2 is 1.85 bits per heavy atom. The Kier molecular flexibility index (Phi) is 3.74. The number of benzene rings is 1. The highest BCUT2D eigenvalue weighted by molar-refractivity contribution is 5.99. The smallest absolute Gasteiger partial charge is 0.234 e. The number of carbonyl (C=O) groups excluding carboxylic acids is 1. The third kappa shape index (κ3) is 2.79. The molecular weight excluding hydrogens is 250 g/mol. The Morgan fingerprint density at radius 3 is 2.45 bits per heavy atom. The van der Waals surface area contributed by atoms with Crippen LogP contribution >= 0.6 is 0 Å². The summed E-state index contributed by atoms with van der Waals surface area (Å²) in [5.74, 6) is -0.0710. The van der Waals surface area contributed by atoms with Gasteiger partial charge in [0.2, 0.25) is 5.91 Å². The van der Waals surface area contributed by atoms with Crippen molar-refractivity contribution in [2.24, 2.45) is 0 Å². The van der Waals surface area contributed by atoms with Crippen molar-refractivity contribution in [2.75, 3.05) is 11.1 Å². The van der Waals surface area contributed by atoms with Gasteiger partial charge in [-0.05, 0) is 50.1 Å². The van der Waals surface area contributed by atoms with E-state index in [9.17, 15) is 4.79 Å². The van der Waals surface area contributed by atoms with Crippen LogP contribution in [0.15, 0.2) is 42.7 Å². The van der Waals surface area contributed by atoms with Crippen molar-refractivity contribution in [3.8, 4) is 0 Å². The van der Waals surface area contributed by atoms with Gasteiger partial charge in [0.15, 0.2) is 0 Å². The number of nitrogens with one attached hydrogen (secondary N) is 1. The Balaban J connectivity index is 2.23. The van der Waals surface area contributed by atoms with Crippen molar-refractivity contribution >= 4 is 17.3 Å². The summed E-state index contributed by atoms with van der Waals surface area (Å²) >= 11 is 0. The number of nitrogens with zero attached hydrogens (tertiary/aromatic N) is 1. The zero-order valence-electron chi connectivity index (χ0n) is 12.0. The maximum absolute atomic E-state index is 12.5. The van der Waals surface area contributed by atoms with Gasteiger partial charge in [-0.2, -0.15) is 0 Å². The van der Waals surface area contributed by atoms with E-state index in [0.717, 1.165) is 16.8 Å². The van der Waals surface area contributed by atoms with Crippen LogP contribution in [0.5, 0.6) is 0 Å². The van der Waals surface area contributed by atoms with Gasteiger partial charge in [-0.3, -0.25) is 9.78 Å². The molecule has 1 aromatic heterocycles. The SMILES string of the molecule is Cc1ccncc1NC(=O)C(C)(C)c1ccc(N)cc1. The molecule has 0 saturated heterocycles. The molecule has 3 N–H and O–H groups in total. The predicted molar refractivity (Wildman–Crippen MR) is 81.5 cm³/mol. The molecule has 0 spiro atoms. The first-order valence-corrected chi connectivity index (χ1v) is 6.49. The Hall–Kier alpha value is -2.36. The second-order valence-electron chi connectivity index (χ2n) is 5.39. The number of rotatable bonds is 3. The highest BCUT2D eigenvalue weighted by Crippen LogP contribution is 2.26. The molecule has 104 valence electrons. The van der Waals surface area contributed by atoms with Crippen LogP contribution in [0.1, 0.15) is 25.0 Å². The Labute approximate surface area is 119 Å². The van der Waals surface area contributed by atoms with Crippen LogP contribution in [0.2, 0.25) is 0 Å². The number of aryl methyl sites for hydroxylation is 1. The van der Waals surface area contributed by atoms with Crippen LogP contribution < -0.4 is 11.1 Å². The molecule has 0 aliphatic rings. The molecule has 0 atom stereocenters. The summed E-state index contributed by atoms with van der Waals surface area (Å²) in [6.07, 6.45) is 3.36. The van der Waals surface area contributed by atoms with Crippen molar-refractivity contribution in [3.63, 3.8) is 0 Å². The first kappa shape index (κ1) is 14.1. The zero-order chi connectivity index (χ0) is 14.8. The summed E-state index contributed by atoms with van der Waals surface area (Å²) in [4.78, 5) is 16.5. The van der Waals surface area contributed by atoms with E-state index in [4.69, 9.17) is 5.73 Å². The maximum atomic E-state index is 12.5. The quantitative estimate of drug-likeness (QED) is 0.842. The number of aromatic nitrogens is 1. The van der Waals surface area contributed by atoms with E-state index in [1.165, 1.54) is 0 Å². The molecule has 0 saturated carbocycles. The van der Waals surface area contributed by atoms with Crippen LogP contribution in [0.25, 0.3) is 0 Å². The summed E-state index contributed by atoms with van der Waals surface area (Å²) in [5, 5.41) is 2.93. The van der Waals surface area contributed by atoms with Gasteiger partial charge in [0, 0.05) is 11.9 Å². The van der Waals surface area contributed by atoms with Gasteiger partial charge in [-0.25, -0.2) is 0 Å². The van der Waals surface area contributed by atoms with Gasteiger partial charge in [-0.15, -0.1) is 0 Å². The van der Waals surface area contributed by atoms with Gasteiger partial charge < -0.3 is 11.1 Å². The van der Waals surface area contributed by atoms with Gasteiger partial charge in [0.1, 0.15) is 0 Å². The third-order valence-corrected chi connectivity index (χ3v) is 3.49. The summed E-state index contributed by atoms with van der Waals surface area (Å²) in [7, 11) is 0. The molecule has 0 unspecified atom stereocenters.